The molecule has 0 aliphatic heterocycles. The van der Waals surface area contributed by atoms with E-state index < -0.39 is 0 Å². The molecule has 208 valence electrons. The number of aliphatic hydroxyl groups excluding tert-OH is 1. The van der Waals surface area contributed by atoms with Crippen LogP contribution >= 0.6 is 11.6 Å². The van der Waals surface area contributed by atoms with Crippen LogP contribution in [0, 0.1) is 6.92 Å². The molecule has 1 heterocycles. The van der Waals surface area contributed by atoms with E-state index in [4.69, 9.17) is 11.6 Å². The summed E-state index contributed by atoms with van der Waals surface area (Å²) < 4.78 is 0. The fourth-order valence-corrected chi connectivity index (χ4v) is 4.94. The third-order valence-corrected chi connectivity index (χ3v) is 7.49. The van der Waals surface area contributed by atoms with Crippen molar-refractivity contribution >= 4 is 28.8 Å². The van der Waals surface area contributed by atoms with Gasteiger partial charge in [0.2, 0.25) is 5.82 Å². The lowest BCUT2D eigenvalue weighted by Gasteiger charge is -2.22. The maximum absolute atomic E-state index is 9.25. The van der Waals surface area contributed by atoms with E-state index in [2.05, 4.69) is 45.2 Å². The molecule has 2 rings (SSSR count). The minimum Gasteiger partial charge on any atom is -0.395 e. The Morgan fingerprint density at radius 1 is 0.865 bits per heavy atom. The van der Waals surface area contributed by atoms with E-state index in [-0.39, 0.29) is 6.61 Å². The molecule has 2 aromatic rings. The summed E-state index contributed by atoms with van der Waals surface area (Å²) in [7, 11) is 0. The minimum atomic E-state index is 0.133. The molecule has 0 atom stereocenters. The molecule has 0 aliphatic rings. The van der Waals surface area contributed by atoms with Crippen LogP contribution in [0.5, 0.6) is 0 Å². The summed E-state index contributed by atoms with van der Waals surface area (Å²) >= 11 is 6.53. The third kappa shape index (κ3) is 12.0. The Labute approximate surface area is 230 Å². The highest BCUT2D eigenvalue weighted by atomic mass is 35.5. The molecule has 0 unspecified atom stereocenters. The van der Waals surface area contributed by atoms with Crippen molar-refractivity contribution in [3.8, 4) is 0 Å². The van der Waals surface area contributed by atoms with Gasteiger partial charge in [-0.25, -0.2) is 0 Å². The van der Waals surface area contributed by atoms with Gasteiger partial charge in [0.25, 0.3) is 0 Å². The van der Waals surface area contributed by atoms with Gasteiger partial charge in [0.05, 0.1) is 18.0 Å². The van der Waals surface area contributed by atoms with Gasteiger partial charge in [-0.05, 0) is 50.5 Å². The first-order valence-electron chi connectivity index (χ1n) is 14.7. The molecule has 2 N–H and O–H groups in total. The Morgan fingerprint density at radius 2 is 1.46 bits per heavy atom. The predicted octanol–water partition coefficient (Wildman–Crippen LogP) is 9.63. The van der Waals surface area contributed by atoms with Crippen molar-refractivity contribution in [2.75, 3.05) is 24.6 Å². The maximum atomic E-state index is 9.25. The zero-order chi connectivity index (χ0) is 26.7. The summed E-state index contributed by atoms with van der Waals surface area (Å²) in [4.78, 5) is 2.13. The van der Waals surface area contributed by atoms with Crippen molar-refractivity contribution in [3.05, 3.63) is 34.5 Å². The second kappa shape index (κ2) is 19.2. The van der Waals surface area contributed by atoms with E-state index >= 15 is 0 Å². The van der Waals surface area contributed by atoms with Gasteiger partial charge in [0, 0.05) is 18.8 Å². The molecule has 1 aromatic heterocycles. The molecule has 0 saturated carbocycles. The van der Waals surface area contributed by atoms with Gasteiger partial charge in [-0.3, -0.25) is 5.10 Å². The second-order valence-corrected chi connectivity index (χ2v) is 10.5. The number of unbranched alkanes of at least 4 members (excludes halogenated alkanes) is 13. The lowest BCUT2D eigenvalue weighted by atomic mass is 10.0. The van der Waals surface area contributed by atoms with E-state index in [1.807, 2.05) is 19.1 Å². The SMILES string of the molecule is CCCCCCCCCCCCCCCCc1[nH]nc(N=Nc2ccc(N(CC)CCO)cc2C)c1Cl. The van der Waals surface area contributed by atoms with Crippen LogP contribution in [0.4, 0.5) is 17.2 Å². The number of nitrogens with one attached hydrogen (secondary N) is 1. The molecule has 37 heavy (non-hydrogen) atoms. The highest BCUT2D eigenvalue weighted by Crippen LogP contribution is 2.30. The monoisotopic (exact) mass is 531 g/mol. The number of azo groups is 1. The highest BCUT2D eigenvalue weighted by molar-refractivity contribution is 6.33. The quantitative estimate of drug-likeness (QED) is 0.124. The number of anilines is 1. The molecule has 6 nitrogen and oxygen atoms in total. The molecule has 7 heteroatoms. The number of hydrogen-bond acceptors (Lipinski definition) is 5. The molecular weight excluding hydrogens is 482 g/mol. The number of aliphatic hydroxyl groups is 1. The number of aromatic amines is 1. The van der Waals surface area contributed by atoms with Gasteiger partial charge in [0.1, 0.15) is 5.02 Å². The topological polar surface area (TPSA) is 76.9 Å². The van der Waals surface area contributed by atoms with Gasteiger partial charge in [-0.2, -0.15) is 5.10 Å². The standard InChI is InChI=1S/C30H50ClN5O/c1-4-6-7-8-9-10-11-12-13-14-15-16-17-18-19-28-29(31)30(35-33-28)34-32-27-21-20-26(24-25(27)3)36(5-2)22-23-37/h20-21,24,37H,4-19,22-23H2,1-3H3,(H,33,35). The van der Waals surface area contributed by atoms with Crippen LogP contribution in [0.1, 0.15) is 115 Å². The number of nitrogens with zero attached hydrogens (tertiary/aromatic N) is 4. The van der Waals surface area contributed by atoms with Crippen LogP contribution in [0.2, 0.25) is 5.02 Å². The normalized spacial score (nSPS) is 11.6. The number of halogens is 1. The van der Waals surface area contributed by atoms with Crippen molar-refractivity contribution in [2.45, 2.75) is 117 Å². The molecule has 1 aromatic carbocycles. The average molecular weight is 532 g/mol. The number of hydrogen-bond donors (Lipinski definition) is 2. The maximum Gasteiger partial charge on any atom is 0.214 e. The molecule has 0 radical (unpaired) electrons. The summed E-state index contributed by atoms with van der Waals surface area (Å²) in [5.74, 6) is 0.445. The Hall–Kier alpha value is -1.92. The number of benzene rings is 1. The van der Waals surface area contributed by atoms with Gasteiger partial charge in [0.15, 0.2) is 0 Å². The number of likely N-dealkylation sites (N-methyl/N-ethyl adjacent to an activating group) is 1. The van der Waals surface area contributed by atoms with Gasteiger partial charge < -0.3 is 10.0 Å². The lowest BCUT2D eigenvalue weighted by molar-refractivity contribution is 0.302. The van der Waals surface area contributed by atoms with Crippen LogP contribution in [0.3, 0.4) is 0 Å². The van der Waals surface area contributed by atoms with E-state index in [1.54, 1.807) is 0 Å². The zero-order valence-corrected chi connectivity index (χ0v) is 24.3. The Morgan fingerprint density at radius 3 is 2.00 bits per heavy atom. The summed E-state index contributed by atoms with van der Waals surface area (Å²) in [5, 5.41) is 25.8. The fourth-order valence-electron chi connectivity index (χ4n) is 4.72. The van der Waals surface area contributed by atoms with E-state index in [9.17, 15) is 5.11 Å². The van der Waals surface area contributed by atoms with Crippen LogP contribution in [-0.2, 0) is 6.42 Å². The molecular formula is C30H50ClN5O. The molecule has 0 fully saturated rings. The average Bonchev–Trinajstić information content (AvgIpc) is 3.25. The second-order valence-electron chi connectivity index (χ2n) is 10.2. The number of aromatic nitrogens is 2. The fraction of sp³-hybridized carbons (Fsp3) is 0.700. The van der Waals surface area contributed by atoms with Crippen molar-refractivity contribution in [2.24, 2.45) is 10.2 Å². The van der Waals surface area contributed by atoms with Gasteiger partial charge >= 0.3 is 0 Å². The minimum absolute atomic E-state index is 0.133. The predicted molar refractivity (Wildman–Crippen MR) is 158 cm³/mol. The lowest BCUT2D eigenvalue weighted by Crippen LogP contribution is -2.26. The zero-order valence-electron chi connectivity index (χ0n) is 23.6. The summed E-state index contributed by atoms with van der Waals surface area (Å²) in [6.07, 6.45) is 19.9. The molecule has 0 spiro atoms. The number of rotatable bonds is 21. The third-order valence-electron chi connectivity index (χ3n) is 7.09. The van der Waals surface area contributed by atoms with E-state index in [0.29, 0.717) is 17.4 Å². The smallest absolute Gasteiger partial charge is 0.214 e. The molecule has 0 aliphatic carbocycles. The largest absolute Gasteiger partial charge is 0.395 e. The Balaban J connectivity index is 1.64. The van der Waals surface area contributed by atoms with Crippen LogP contribution in [0.25, 0.3) is 0 Å². The van der Waals surface area contributed by atoms with E-state index in [0.717, 1.165) is 42.0 Å². The summed E-state index contributed by atoms with van der Waals surface area (Å²) in [5.41, 5.74) is 3.83. The van der Waals surface area contributed by atoms with Crippen molar-refractivity contribution in [1.82, 2.24) is 10.2 Å². The Bertz CT molecular complexity index is 898. The first-order valence-corrected chi connectivity index (χ1v) is 15.1. The van der Waals surface area contributed by atoms with E-state index in [1.165, 1.54) is 83.5 Å². The van der Waals surface area contributed by atoms with Crippen LogP contribution in [-0.4, -0.2) is 35.0 Å². The Kier molecular flexibility index (Phi) is 16.2. The highest BCUT2D eigenvalue weighted by Gasteiger charge is 2.11. The van der Waals surface area contributed by atoms with Crippen molar-refractivity contribution in [3.63, 3.8) is 0 Å². The number of aryl methyl sites for hydroxylation is 2. The molecule has 0 amide bonds. The molecule has 0 saturated heterocycles. The summed E-state index contributed by atoms with van der Waals surface area (Å²) in [6, 6.07) is 6.03. The first kappa shape index (κ1) is 31.3. The first-order chi connectivity index (χ1) is 18.1. The summed E-state index contributed by atoms with van der Waals surface area (Å²) in [6.45, 7) is 7.95. The van der Waals surface area contributed by atoms with Crippen LogP contribution < -0.4 is 4.90 Å². The van der Waals surface area contributed by atoms with Crippen LogP contribution in [0.15, 0.2) is 28.4 Å². The number of H-pyrrole nitrogens is 1. The van der Waals surface area contributed by atoms with Crippen molar-refractivity contribution < 1.29 is 5.11 Å². The van der Waals surface area contributed by atoms with Crippen molar-refractivity contribution in [1.29, 1.82) is 0 Å². The molecule has 0 bridgehead atoms. The van der Waals surface area contributed by atoms with Gasteiger partial charge in [-0.1, -0.05) is 102 Å². The van der Waals surface area contributed by atoms with Gasteiger partial charge in [-0.15, -0.1) is 10.2 Å².